The Kier molecular flexibility index (Phi) is 5.92. The number of nitrogens with zero attached hydrogens (tertiary/aromatic N) is 4. The van der Waals surface area contributed by atoms with E-state index in [1.807, 2.05) is 0 Å². The number of rotatable bonds is 7. The third kappa shape index (κ3) is 4.85. The fraction of sp³-hybridized carbons (Fsp3) is 0.125. The lowest BCUT2D eigenvalue weighted by Crippen LogP contribution is -2.15. The molecule has 0 saturated carbocycles. The second-order valence-electron chi connectivity index (χ2n) is 5.48. The van der Waals surface area contributed by atoms with Crippen LogP contribution in [0.25, 0.3) is 5.69 Å². The summed E-state index contributed by atoms with van der Waals surface area (Å²) in [6, 6.07) is 12.7. The van der Waals surface area contributed by atoms with E-state index < -0.39 is 10.0 Å². The molecule has 0 aliphatic carbocycles. The number of sulfonamides is 1. The van der Waals surface area contributed by atoms with E-state index in [-0.39, 0.29) is 16.6 Å². The molecule has 10 nitrogen and oxygen atoms in total. The number of aromatic nitrogens is 4. The van der Waals surface area contributed by atoms with Gasteiger partial charge in [-0.3, -0.25) is 4.79 Å². The molecule has 1 aromatic heterocycles. The van der Waals surface area contributed by atoms with Crippen LogP contribution in [0.1, 0.15) is 0 Å². The van der Waals surface area contributed by atoms with E-state index in [0.717, 1.165) is 17.4 Å². The van der Waals surface area contributed by atoms with Crippen molar-refractivity contribution in [3.8, 4) is 11.4 Å². The van der Waals surface area contributed by atoms with Crippen molar-refractivity contribution in [3.63, 3.8) is 0 Å². The first-order valence-corrected chi connectivity index (χ1v) is 10.4. The molecule has 2 aromatic carbocycles. The Hall–Kier alpha value is -2.96. The number of methoxy groups -OCH3 is 1. The van der Waals surface area contributed by atoms with Crippen molar-refractivity contribution >= 4 is 33.4 Å². The molecule has 3 N–H and O–H groups in total. The second-order valence-corrected chi connectivity index (χ2v) is 7.98. The molecule has 3 aromatic rings. The van der Waals surface area contributed by atoms with E-state index >= 15 is 0 Å². The van der Waals surface area contributed by atoms with E-state index in [1.54, 1.807) is 31.4 Å². The van der Waals surface area contributed by atoms with Crippen molar-refractivity contribution in [2.75, 3.05) is 18.2 Å². The summed E-state index contributed by atoms with van der Waals surface area (Å²) in [5, 5.41) is 19.7. The predicted molar refractivity (Wildman–Crippen MR) is 103 cm³/mol. The van der Waals surface area contributed by atoms with Crippen LogP contribution in [0.3, 0.4) is 0 Å². The summed E-state index contributed by atoms with van der Waals surface area (Å²) in [6.45, 7) is 0. The van der Waals surface area contributed by atoms with Gasteiger partial charge in [-0.2, -0.15) is 4.68 Å². The number of amides is 1. The van der Waals surface area contributed by atoms with E-state index in [0.29, 0.717) is 16.6 Å². The van der Waals surface area contributed by atoms with Gasteiger partial charge >= 0.3 is 0 Å². The lowest BCUT2D eigenvalue weighted by Gasteiger charge is -2.07. The largest absolute Gasteiger partial charge is 0.497 e. The molecule has 3 rings (SSSR count). The summed E-state index contributed by atoms with van der Waals surface area (Å²) >= 11 is 1.16. The number of nitrogens with two attached hydrogens (primary N) is 1. The van der Waals surface area contributed by atoms with Gasteiger partial charge in [0.15, 0.2) is 0 Å². The van der Waals surface area contributed by atoms with Crippen molar-refractivity contribution < 1.29 is 17.9 Å². The Labute approximate surface area is 165 Å². The number of thioether (sulfide) groups is 1. The highest BCUT2D eigenvalue weighted by Crippen LogP contribution is 2.21. The van der Waals surface area contributed by atoms with Crippen molar-refractivity contribution in [2.24, 2.45) is 5.14 Å². The van der Waals surface area contributed by atoms with Gasteiger partial charge < -0.3 is 10.1 Å². The number of carbonyl (C=O) groups is 1. The molecule has 0 fully saturated rings. The van der Waals surface area contributed by atoms with Gasteiger partial charge in [0, 0.05) is 5.69 Å². The van der Waals surface area contributed by atoms with Gasteiger partial charge in [-0.15, -0.1) is 5.10 Å². The van der Waals surface area contributed by atoms with Gasteiger partial charge in [0.25, 0.3) is 0 Å². The molecule has 0 spiro atoms. The number of carbonyl (C=O) groups excluding carboxylic acids is 1. The number of tetrazole rings is 1. The molecule has 0 aliphatic heterocycles. The fourth-order valence-corrected chi connectivity index (χ4v) is 3.42. The van der Waals surface area contributed by atoms with Crippen LogP contribution in [0.2, 0.25) is 0 Å². The van der Waals surface area contributed by atoms with E-state index in [1.165, 1.54) is 28.9 Å². The zero-order chi connectivity index (χ0) is 20.1. The van der Waals surface area contributed by atoms with Gasteiger partial charge in [-0.05, 0) is 59.0 Å². The maximum atomic E-state index is 12.2. The Morgan fingerprint density at radius 2 is 1.86 bits per heavy atom. The molecule has 0 radical (unpaired) electrons. The Balaban J connectivity index is 1.61. The minimum Gasteiger partial charge on any atom is -0.497 e. The minimum absolute atomic E-state index is 0.0291. The SMILES string of the molecule is COc1ccc(-n2nnnc2SCC(=O)Nc2ccc(S(N)(=O)=O)cc2)cc1. The number of ether oxygens (including phenoxy) is 1. The van der Waals surface area contributed by atoms with Crippen LogP contribution in [0.5, 0.6) is 5.75 Å². The van der Waals surface area contributed by atoms with Crippen molar-refractivity contribution in [1.29, 1.82) is 0 Å². The fourth-order valence-electron chi connectivity index (χ4n) is 2.21. The van der Waals surface area contributed by atoms with Crippen molar-refractivity contribution in [3.05, 3.63) is 48.5 Å². The number of primary sulfonamides is 1. The van der Waals surface area contributed by atoms with Gasteiger partial charge in [-0.1, -0.05) is 11.8 Å². The van der Waals surface area contributed by atoms with Crippen LogP contribution in [0.4, 0.5) is 5.69 Å². The first-order valence-electron chi connectivity index (χ1n) is 7.85. The standard InChI is InChI=1S/C16H16N6O4S2/c1-26-13-6-4-12(5-7-13)22-16(19-20-21-22)27-10-15(23)18-11-2-8-14(9-3-11)28(17,24)25/h2-9H,10H2,1H3,(H,18,23)(H2,17,24,25). The number of anilines is 1. The quantitative estimate of drug-likeness (QED) is 0.540. The maximum absolute atomic E-state index is 12.2. The van der Waals surface area contributed by atoms with Gasteiger partial charge in [0.05, 0.1) is 23.4 Å². The average molecular weight is 420 g/mol. The maximum Gasteiger partial charge on any atom is 0.238 e. The monoisotopic (exact) mass is 420 g/mol. The van der Waals surface area contributed by atoms with Crippen LogP contribution in [0.15, 0.2) is 58.6 Å². The zero-order valence-electron chi connectivity index (χ0n) is 14.6. The topological polar surface area (TPSA) is 142 Å². The number of benzene rings is 2. The molecule has 146 valence electrons. The van der Waals surface area contributed by atoms with Crippen LogP contribution >= 0.6 is 11.8 Å². The molecule has 28 heavy (non-hydrogen) atoms. The second kappa shape index (κ2) is 8.37. The van der Waals surface area contributed by atoms with Crippen LogP contribution < -0.4 is 15.2 Å². The molecular formula is C16H16N6O4S2. The smallest absolute Gasteiger partial charge is 0.238 e. The first-order chi connectivity index (χ1) is 13.4. The average Bonchev–Trinajstić information content (AvgIpc) is 3.15. The predicted octanol–water partition coefficient (Wildman–Crippen LogP) is 1.05. The zero-order valence-corrected chi connectivity index (χ0v) is 16.3. The molecule has 1 amide bonds. The number of hydrogen-bond donors (Lipinski definition) is 2. The first kappa shape index (κ1) is 19.8. The van der Waals surface area contributed by atoms with Crippen LogP contribution in [-0.4, -0.2) is 47.4 Å². The summed E-state index contributed by atoms with van der Waals surface area (Å²) in [7, 11) is -2.20. The summed E-state index contributed by atoms with van der Waals surface area (Å²) in [5.74, 6) is 0.476. The highest BCUT2D eigenvalue weighted by atomic mass is 32.2. The number of hydrogen-bond acceptors (Lipinski definition) is 8. The molecule has 0 unspecified atom stereocenters. The minimum atomic E-state index is -3.77. The lowest BCUT2D eigenvalue weighted by atomic mass is 10.3. The molecular weight excluding hydrogens is 404 g/mol. The van der Waals surface area contributed by atoms with Crippen molar-refractivity contribution in [2.45, 2.75) is 10.1 Å². The number of nitrogens with one attached hydrogen (secondary N) is 1. The highest BCUT2D eigenvalue weighted by Gasteiger charge is 2.13. The van der Waals surface area contributed by atoms with Crippen molar-refractivity contribution in [1.82, 2.24) is 20.2 Å². The Morgan fingerprint density at radius 1 is 1.18 bits per heavy atom. The summed E-state index contributed by atoms with van der Waals surface area (Å²) in [5.41, 5.74) is 1.18. The van der Waals surface area contributed by atoms with Gasteiger partial charge in [-0.25, -0.2) is 13.6 Å². The summed E-state index contributed by atoms with van der Waals surface area (Å²) < 4.78 is 29.1. The van der Waals surface area contributed by atoms with Crippen LogP contribution in [-0.2, 0) is 14.8 Å². The molecule has 1 heterocycles. The van der Waals surface area contributed by atoms with Gasteiger partial charge in [0.1, 0.15) is 5.75 Å². The third-order valence-corrected chi connectivity index (χ3v) is 5.41. The normalized spacial score (nSPS) is 11.2. The Morgan fingerprint density at radius 3 is 2.46 bits per heavy atom. The van der Waals surface area contributed by atoms with Crippen LogP contribution in [0, 0.1) is 0 Å². The molecule has 0 bridgehead atoms. The molecule has 12 heteroatoms. The summed E-state index contributed by atoms with van der Waals surface area (Å²) in [6.07, 6.45) is 0. The summed E-state index contributed by atoms with van der Waals surface area (Å²) in [4.78, 5) is 12.1. The lowest BCUT2D eigenvalue weighted by molar-refractivity contribution is -0.113. The highest BCUT2D eigenvalue weighted by molar-refractivity contribution is 7.99. The molecule has 0 atom stereocenters. The van der Waals surface area contributed by atoms with Gasteiger partial charge in [0.2, 0.25) is 21.1 Å². The van der Waals surface area contributed by atoms with E-state index in [2.05, 4.69) is 20.8 Å². The van der Waals surface area contributed by atoms with E-state index in [4.69, 9.17) is 9.88 Å². The third-order valence-electron chi connectivity index (χ3n) is 3.56. The molecule has 0 aliphatic rings. The molecule has 0 saturated heterocycles. The Bertz CT molecular complexity index is 1070. The van der Waals surface area contributed by atoms with E-state index in [9.17, 15) is 13.2 Å².